The minimum absolute atomic E-state index is 0.0808. The zero-order valence-electron chi connectivity index (χ0n) is 10.1. The smallest absolute Gasteiger partial charge is 0.249 e. The van der Waals surface area contributed by atoms with Gasteiger partial charge in [0.05, 0.1) is 0 Å². The maximum atomic E-state index is 11.8. The van der Waals surface area contributed by atoms with E-state index >= 15 is 0 Å². The summed E-state index contributed by atoms with van der Waals surface area (Å²) in [6.45, 7) is 5.90. The van der Waals surface area contributed by atoms with E-state index in [1.807, 2.05) is 0 Å². The fourth-order valence-electron chi connectivity index (χ4n) is 2.41. The van der Waals surface area contributed by atoms with Gasteiger partial charge in [-0.25, -0.2) is 0 Å². The number of carbonyl (C=O) groups is 1. The van der Waals surface area contributed by atoms with Crippen LogP contribution in [0.4, 0.5) is 0 Å². The number of ether oxygens (including phenoxy) is 1. The van der Waals surface area contributed by atoms with Crippen molar-refractivity contribution < 1.29 is 9.53 Å². The molecule has 2 N–H and O–H groups in total. The lowest BCUT2D eigenvalue weighted by atomic mass is 9.81. The van der Waals surface area contributed by atoms with Crippen LogP contribution in [0, 0.1) is 5.41 Å². The van der Waals surface area contributed by atoms with E-state index < -0.39 is 0 Å². The van der Waals surface area contributed by atoms with Crippen molar-refractivity contribution in [1.82, 2.24) is 10.6 Å². The Labute approximate surface area is 97.1 Å². The van der Waals surface area contributed by atoms with Gasteiger partial charge in [0.25, 0.3) is 0 Å². The molecule has 2 aliphatic rings. The first-order valence-corrected chi connectivity index (χ1v) is 6.30. The standard InChI is InChI=1S/C12H22N2O2/c1-12(4-6-13-7-5-12)9-14-11(15)10-3-2-8-16-10/h10,13H,2-9H2,1H3,(H,14,15)/t10-/m0/s1. The topological polar surface area (TPSA) is 50.4 Å². The van der Waals surface area contributed by atoms with Crippen LogP contribution in [0.1, 0.15) is 32.6 Å². The molecule has 2 aliphatic heterocycles. The normalized spacial score (nSPS) is 28.9. The van der Waals surface area contributed by atoms with Crippen molar-refractivity contribution >= 4 is 5.91 Å². The summed E-state index contributed by atoms with van der Waals surface area (Å²) >= 11 is 0. The molecule has 0 aliphatic carbocycles. The van der Waals surface area contributed by atoms with E-state index in [0.29, 0.717) is 0 Å². The predicted molar refractivity (Wildman–Crippen MR) is 62.2 cm³/mol. The third-order valence-electron chi connectivity index (χ3n) is 3.72. The molecule has 0 aromatic carbocycles. The fourth-order valence-corrected chi connectivity index (χ4v) is 2.41. The number of hydrogen-bond donors (Lipinski definition) is 2. The maximum Gasteiger partial charge on any atom is 0.249 e. The van der Waals surface area contributed by atoms with Gasteiger partial charge in [-0.05, 0) is 44.2 Å². The Hall–Kier alpha value is -0.610. The van der Waals surface area contributed by atoms with E-state index in [1.54, 1.807) is 0 Å². The lowest BCUT2D eigenvalue weighted by molar-refractivity contribution is -0.130. The predicted octanol–water partition coefficient (Wildman–Crippen LogP) is 0.671. The van der Waals surface area contributed by atoms with Gasteiger partial charge < -0.3 is 15.4 Å². The highest BCUT2D eigenvalue weighted by atomic mass is 16.5. The molecule has 0 radical (unpaired) electrons. The van der Waals surface area contributed by atoms with Gasteiger partial charge >= 0.3 is 0 Å². The summed E-state index contributed by atoms with van der Waals surface area (Å²) in [7, 11) is 0. The first-order valence-electron chi connectivity index (χ1n) is 6.30. The van der Waals surface area contributed by atoms with E-state index in [4.69, 9.17) is 4.74 Å². The largest absolute Gasteiger partial charge is 0.368 e. The van der Waals surface area contributed by atoms with Crippen LogP contribution in [-0.2, 0) is 9.53 Å². The molecule has 2 heterocycles. The van der Waals surface area contributed by atoms with Crippen molar-refractivity contribution in [3.63, 3.8) is 0 Å². The zero-order chi connectivity index (χ0) is 11.4. The van der Waals surface area contributed by atoms with Crippen LogP contribution in [0.25, 0.3) is 0 Å². The minimum Gasteiger partial charge on any atom is -0.368 e. The highest BCUT2D eigenvalue weighted by Crippen LogP contribution is 2.26. The van der Waals surface area contributed by atoms with Crippen molar-refractivity contribution in [2.24, 2.45) is 5.41 Å². The number of nitrogens with one attached hydrogen (secondary N) is 2. The Bertz CT molecular complexity index is 243. The highest BCUT2D eigenvalue weighted by Gasteiger charge is 2.29. The second-order valence-corrected chi connectivity index (χ2v) is 5.28. The highest BCUT2D eigenvalue weighted by molar-refractivity contribution is 5.80. The Balaban J connectivity index is 1.75. The molecule has 2 rings (SSSR count). The molecule has 0 bridgehead atoms. The van der Waals surface area contributed by atoms with Gasteiger partial charge in [0.2, 0.25) is 5.91 Å². The van der Waals surface area contributed by atoms with E-state index in [-0.39, 0.29) is 17.4 Å². The lowest BCUT2D eigenvalue weighted by Gasteiger charge is -2.34. The van der Waals surface area contributed by atoms with Crippen LogP contribution in [0.3, 0.4) is 0 Å². The molecule has 0 unspecified atom stereocenters. The summed E-state index contributed by atoms with van der Waals surface area (Å²) in [6.07, 6.45) is 3.98. The summed E-state index contributed by atoms with van der Waals surface area (Å²) in [5, 5.41) is 6.39. The van der Waals surface area contributed by atoms with Crippen molar-refractivity contribution in [3.8, 4) is 0 Å². The van der Waals surface area contributed by atoms with Crippen molar-refractivity contribution in [3.05, 3.63) is 0 Å². The molecule has 1 amide bonds. The number of amides is 1. The molecule has 2 saturated heterocycles. The summed E-state index contributed by atoms with van der Waals surface area (Å²) in [4.78, 5) is 11.8. The minimum atomic E-state index is -0.190. The fraction of sp³-hybridized carbons (Fsp3) is 0.917. The summed E-state index contributed by atoms with van der Waals surface area (Å²) in [6, 6.07) is 0. The first kappa shape index (κ1) is 11.9. The maximum absolute atomic E-state index is 11.8. The molecule has 2 fully saturated rings. The van der Waals surface area contributed by atoms with Crippen LogP contribution in [-0.4, -0.2) is 38.3 Å². The Morgan fingerprint density at radius 1 is 1.50 bits per heavy atom. The lowest BCUT2D eigenvalue weighted by Crippen LogP contribution is -2.45. The van der Waals surface area contributed by atoms with Gasteiger partial charge in [-0.2, -0.15) is 0 Å². The Morgan fingerprint density at radius 3 is 2.88 bits per heavy atom. The van der Waals surface area contributed by atoms with Gasteiger partial charge in [-0.3, -0.25) is 4.79 Å². The summed E-state index contributed by atoms with van der Waals surface area (Å²) in [5.41, 5.74) is 0.263. The van der Waals surface area contributed by atoms with Gasteiger partial charge in [0, 0.05) is 13.2 Å². The molecule has 0 spiro atoms. The van der Waals surface area contributed by atoms with E-state index in [2.05, 4.69) is 17.6 Å². The molecule has 0 aromatic rings. The molecular formula is C12H22N2O2. The second kappa shape index (κ2) is 5.15. The van der Waals surface area contributed by atoms with E-state index in [9.17, 15) is 4.79 Å². The molecule has 1 atom stereocenters. The van der Waals surface area contributed by atoms with Gasteiger partial charge in [-0.1, -0.05) is 6.92 Å². The van der Waals surface area contributed by atoms with Crippen LogP contribution in [0.5, 0.6) is 0 Å². The number of hydrogen-bond acceptors (Lipinski definition) is 3. The third kappa shape index (κ3) is 2.95. The van der Waals surface area contributed by atoms with Gasteiger partial charge in [0.15, 0.2) is 0 Å². The SMILES string of the molecule is CC1(CNC(=O)[C@@H]2CCCO2)CCNCC1. The molecule has 4 heteroatoms. The Kier molecular flexibility index (Phi) is 3.82. The number of rotatable bonds is 3. The first-order chi connectivity index (χ1) is 7.70. The molecule has 0 saturated carbocycles. The average molecular weight is 226 g/mol. The van der Waals surface area contributed by atoms with Crippen molar-refractivity contribution in [2.75, 3.05) is 26.2 Å². The van der Waals surface area contributed by atoms with Gasteiger partial charge in [0.1, 0.15) is 6.10 Å². The van der Waals surface area contributed by atoms with Crippen LogP contribution in [0.15, 0.2) is 0 Å². The third-order valence-corrected chi connectivity index (χ3v) is 3.72. The molecular weight excluding hydrogens is 204 g/mol. The second-order valence-electron chi connectivity index (χ2n) is 5.28. The van der Waals surface area contributed by atoms with Crippen molar-refractivity contribution in [2.45, 2.75) is 38.7 Å². The molecule has 92 valence electrons. The van der Waals surface area contributed by atoms with E-state index in [1.165, 1.54) is 0 Å². The molecule has 0 aromatic heterocycles. The molecule has 4 nitrogen and oxygen atoms in total. The summed E-state index contributed by atoms with van der Waals surface area (Å²) in [5.74, 6) is 0.0808. The van der Waals surface area contributed by atoms with Gasteiger partial charge in [-0.15, -0.1) is 0 Å². The quantitative estimate of drug-likeness (QED) is 0.743. The average Bonchev–Trinajstić information content (AvgIpc) is 2.80. The van der Waals surface area contributed by atoms with Crippen LogP contribution >= 0.6 is 0 Å². The Morgan fingerprint density at radius 2 is 2.25 bits per heavy atom. The van der Waals surface area contributed by atoms with Crippen molar-refractivity contribution in [1.29, 1.82) is 0 Å². The van der Waals surface area contributed by atoms with E-state index in [0.717, 1.165) is 51.9 Å². The summed E-state index contributed by atoms with van der Waals surface area (Å²) < 4.78 is 5.36. The molecule has 16 heavy (non-hydrogen) atoms. The number of carbonyl (C=O) groups excluding carboxylic acids is 1. The zero-order valence-corrected chi connectivity index (χ0v) is 10.1. The van der Waals surface area contributed by atoms with Crippen LogP contribution in [0.2, 0.25) is 0 Å². The van der Waals surface area contributed by atoms with Crippen LogP contribution < -0.4 is 10.6 Å². The number of piperidine rings is 1. The monoisotopic (exact) mass is 226 g/mol.